The average Bonchev–Trinajstić information content (AvgIpc) is 2.81. The van der Waals surface area contributed by atoms with Gasteiger partial charge in [0.05, 0.1) is 0 Å². The molecule has 1 aliphatic rings. The molecule has 2 rings (SSSR count). The third-order valence-electron chi connectivity index (χ3n) is 4.37. The van der Waals surface area contributed by atoms with E-state index < -0.39 is 0 Å². The molecule has 100 valence electrons. The molecule has 0 aromatic heterocycles. The molecule has 0 spiro atoms. The SMILES string of the molecule is CNCC1CCN(C(C)c2ccc(C)c(C)c2)C1. The molecule has 0 radical (unpaired) electrons. The van der Waals surface area contributed by atoms with Gasteiger partial charge in [0.15, 0.2) is 0 Å². The fourth-order valence-corrected chi connectivity index (χ4v) is 2.90. The molecule has 18 heavy (non-hydrogen) atoms. The van der Waals surface area contributed by atoms with Crippen molar-refractivity contribution in [2.24, 2.45) is 5.92 Å². The van der Waals surface area contributed by atoms with Gasteiger partial charge in [-0.15, -0.1) is 0 Å². The van der Waals surface area contributed by atoms with Gasteiger partial charge in [-0.3, -0.25) is 4.90 Å². The highest BCUT2D eigenvalue weighted by molar-refractivity contribution is 5.31. The summed E-state index contributed by atoms with van der Waals surface area (Å²) in [6.45, 7) is 10.3. The lowest BCUT2D eigenvalue weighted by atomic mass is 10.0. The van der Waals surface area contributed by atoms with E-state index in [2.05, 4.69) is 56.2 Å². The summed E-state index contributed by atoms with van der Waals surface area (Å²) < 4.78 is 0. The van der Waals surface area contributed by atoms with Gasteiger partial charge in [0, 0.05) is 12.6 Å². The normalized spacial score (nSPS) is 22.3. The Bertz CT molecular complexity index is 400. The zero-order valence-electron chi connectivity index (χ0n) is 12.2. The zero-order chi connectivity index (χ0) is 13.1. The second kappa shape index (κ2) is 5.85. The molecule has 0 aliphatic carbocycles. The van der Waals surface area contributed by atoms with Crippen molar-refractivity contribution < 1.29 is 0 Å². The van der Waals surface area contributed by atoms with Crippen LogP contribution >= 0.6 is 0 Å². The van der Waals surface area contributed by atoms with E-state index in [-0.39, 0.29) is 0 Å². The number of nitrogens with one attached hydrogen (secondary N) is 1. The second-order valence-corrected chi connectivity index (χ2v) is 5.73. The molecule has 1 aromatic rings. The van der Waals surface area contributed by atoms with Crippen LogP contribution in [0.3, 0.4) is 0 Å². The zero-order valence-corrected chi connectivity index (χ0v) is 12.2. The summed E-state index contributed by atoms with van der Waals surface area (Å²) in [5.74, 6) is 0.823. The Morgan fingerprint density at radius 1 is 1.33 bits per heavy atom. The van der Waals surface area contributed by atoms with Crippen molar-refractivity contribution in [3.8, 4) is 0 Å². The van der Waals surface area contributed by atoms with Crippen molar-refractivity contribution in [3.63, 3.8) is 0 Å². The molecule has 1 aromatic carbocycles. The summed E-state index contributed by atoms with van der Waals surface area (Å²) in [7, 11) is 2.05. The predicted molar refractivity (Wildman–Crippen MR) is 77.9 cm³/mol. The molecule has 2 heteroatoms. The van der Waals surface area contributed by atoms with Crippen LogP contribution in [0.15, 0.2) is 18.2 Å². The van der Waals surface area contributed by atoms with Crippen LogP contribution < -0.4 is 5.32 Å². The predicted octanol–water partition coefficient (Wildman–Crippen LogP) is 2.91. The summed E-state index contributed by atoms with van der Waals surface area (Å²) in [5, 5.41) is 3.30. The lowest BCUT2D eigenvalue weighted by Crippen LogP contribution is -2.27. The summed E-state index contributed by atoms with van der Waals surface area (Å²) >= 11 is 0. The van der Waals surface area contributed by atoms with Gasteiger partial charge in [0.2, 0.25) is 0 Å². The van der Waals surface area contributed by atoms with Crippen LogP contribution in [-0.2, 0) is 0 Å². The van der Waals surface area contributed by atoms with Crippen LogP contribution in [0.25, 0.3) is 0 Å². The van der Waals surface area contributed by atoms with Gasteiger partial charge in [-0.25, -0.2) is 0 Å². The first-order valence-corrected chi connectivity index (χ1v) is 7.07. The first-order chi connectivity index (χ1) is 8.61. The van der Waals surface area contributed by atoms with Crippen molar-refractivity contribution in [1.29, 1.82) is 0 Å². The Balaban J connectivity index is 2.03. The van der Waals surface area contributed by atoms with Gasteiger partial charge in [0.1, 0.15) is 0 Å². The van der Waals surface area contributed by atoms with E-state index in [1.54, 1.807) is 0 Å². The minimum absolute atomic E-state index is 0.547. The molecule has 1 saturated heterocycles. The Hall–Kier alpha value is -0.860. The summed E-state index contributed by atoms with van der Waals surface area (Å²) in [6.07, 6.45) is 1.33. The molecule has 2 nitrogen and oxygen atoms in total. The third-order valence-corrected chi connectivity index (χ3v) is 4.37. The molecule has 1 N–H and O–H groups in total. The Kier molecular flexibility index (Phi) is 4.41. The molecule has 1 heterocycles. The number of aryl methyl sites for hydroxylation is 2. The minimum atomic E-state index is 0.547. The highest BCUT2D eigenvalue weighted by Crippen LogP contribution is 2.28. The molecule has 1 aliphatic heterocycles. The van der Waals surface area contributed by atoms with Crippen LogP contribution in [0.2, 0.25) is 0 Å². The Morgan fingerprint density at radius 2 is 2.11 bits per heavy atom. The van der Waals surface area contributed by atoms with Crippen LogP contribution in [0, 0.1) is 19.8 Å². The number of benzene rings is 1. The number of rotatable bonds is 4. The molecule has 0 amide bonds. The summed E-state index contributed by atoms with van der Waals surface area (Å²) in [5.41, 5.74) is 4.26. The largest absolute Gasteiger partial charge is 0.319 e. The molecular weight excluding hydrogens is 220 g/mol. The Morgan fingerprint density at radius 3 is 2.78 bits per heavy atom. The number of nitrogens with zero attached hydrogens (tertiary/aromatic N) is 1. The van der Waals surface area contributed by atoms with Crippen molar-refractivity contribution in [3.05, 3.63) is 34.9 Å². The molecule has 1 fully saturated rings. The number of likely N-dealkylation sites (tertiary alicyclic amines) is 1. The molecule has 2 atom stereocenters. The lowest BCUT2D eigenvalue weighted by molar-refractivity contribution is 0.252. The van der Waals surface area contributed by atoms with Gasteiger partial charge >= 0.3 is 0 Å². The van der Waals surface area contributed by atoms with Gasteiger partial charge < -0.3 is 5.32 Å². The quantitative estimate of drug-likeness (QED) is 0.879. The molecule has 2 unspecified atom stereocenters. The average molecular weight is 246 g/mol. The van der Waals surface area contributed by atoms with E-state index in [1.165, 1.54) is 36.2 Å². The number of hydrogen-bond donors (Lipinski definition) is 1. The molecule has 0 bridgehead atoms. The van der Waals surface area contributed by atoms with E-state index >= 15 is 0 Å². The first-order valence-electron chi connectivity index (χ1n) is 7.07. The third kappa shape index (κ3) is 2.93. The highest BCUT2D eigenvalue weighted by atomic mass is 15.2. The van der Waals surface area contributed by atoms with Gasteiger partial charge in [-0.05, 0) is 69.9 Å². The maximum absolute atomic E-state index is 3.30. The topological polar surface area (TPSA) is 15.3 Å². The van der Waals surface area contributed by atoms with E-state index in [9.17, 15) is 0 Å². The standard InChI is InChI=1S/C16H26N2/c1-12-5-6-16(9-13(12)2)14(3)18-8-7-15(11-18)10-17-4/h5-6,9,14-15,17H,7-8,10-11H2,1-4H3. The van der Waals surface area contributed by atoms with Crippen LogP contribution in [0.5, 0.6) is 0 Å². The van der Waals surface area contributed by atoms with E-state index in [0.717, 1.165) is 12.5 Å². The fourth-order valence-electron chi connectivity index (χ4n) is 2.90. The maximum atomic E-state index is 3.30. The van der Waals surface area contributed by atoms with Gasteiger partial charge in [0.25, 0.3) is 0 Å². The second-order valence-electron chi connectivity index (χ2n) is 5.73. The van der Waals surface area contributed by atoms with Crippen molar-refractivity contribution in [2.45, 2.75) is 33.2 Å². The van der Waals surface area contributed by atoms with Crippen LogP contribution in [0.4, 0.5) is 0 Å². The number of hydrogen-bond acceptors (Lipinski definition) is 2. The fraction of sp³-hybridized carbons (Fsp3) is 0.625. The molecule has 0 saturated carbocycles. The van der Waals surface area contributed by atoms with Gasteiger partial charge in [-0.2, -0.15) is 0 Å². The van der Waals surface area contributed by atoms with E-state index in [4.69, 9.17) is 0 Å². The summed E-state index contributed by atoms with van der Waals surface area (Å²) in [6, 6.07) is 7.44. The van der Waals surface area contributed by atoms with E-state index in [1.807, 2.05) is 0 Å². The van der Waals surface area contributed by atoms with E-state index in [0.29, 0.717) is 6.04 Å². The first kappa shape index (κ1) is 13.6. The smallest absolute Gasteiger partial charge is 0.0320 e. The summed E-state index contributed by atoms with van der Waals surface area (Å²) in [4.78, 5) is 2.62. The minimum Gasteiger partial charge on any atom is -0.319 e. The maximum Gasteiger partial charge on any atom is 0.0320 e. The van der Waals surface area contributed by atoms with Crippen molar-refractivity contribution in [1.82, 2.24) is 10.2 Å². The molecular formula is C16H26N2. The monoisotopic (exact) mass is 246 g/mol. The van der Waals surface area contributed by atoms with Crippen LogP contribution in [0.1, 0.15) is 36.1 Å². The Labute approximate surface area is 111 Å². The van der Waals surface area contributed by atoms with Crippen molar-refractivity contribution in [2.75, 3.05) is 26.7 Å². The van der Waals surface area contributed by atoms with Crippen molar-refractivity contribution >= 4 is 0 Å². The van der Waals surface area contributed by atoms with Crippen LogP contribution in [-0.4, -0.2) is 31.6 Å². The highest BCUT2D eigenvalue weighted by Gasteiger charge is 2.26. The van der Waals surface area contributed by atoms with Gasteiger partial charge in [-0.1, -0.05) is 18.2 Å². The lowest BCUT2D eigenvalue weighted by Gasteiger charge is -2.25.